The highest BCUT2D eigenvalue weighted by atomic mass is 32.2. The Balaban J connectivity index is 3.40. The molecule has 0 aromatic rings. The van der Waals surface area contributed by atoms with Crippen molar-refractivity contribution in [3.8, 4) is 0 Å². The van der Waals surface area contributed by atoms with Gasteiger partial charge in [0.1, 0.15) is 0 Å². The summed E-state index contributed by atoms with van der Waals surface area (Å²) in [5.74, 6) is 0. The highest BCUT2D eigenvalue weighted by Gasteiger charge is 1.90. The van der Waals surface area contributed by atoms with Crippen molar-refractivity contribution in [2.24, 2.45) is 5.73 Å². The second-order valence-corrected chi connectivity index (χ2v) is 3.53. The van der Waals surface area contributed by atoms with Gasteiger partial charge in [0, 0.05) is 4.24 Å². The average molecular weight is 147 g/mol. The maximum Gasteiger partial charge on any atom is 0.0635 e. The number of hydrogen-bond donors (Lipinski definition) is 1. The van der Waals surface area contributed by atoms with E-state index in [0.717, 1.165) is 4.24 Å². The summed E-state index contributed by atoms with van der Waals surface area (Å²) in [4.78, 5) is 0. The van der Waals surface area contributed by atoms with Gasteiger partial charge in [-0.25, -0.2) is 0 Å². The fraction of sp³-hybridized carbons (Fsp3) is 0.200. The van der Waals surface area contributed by atoms with Gasteiger partial charge in [0.05, 0.1) is 5.03 Å². The van der Waals surface area contributed by atoms with Gasteiger partial charge in [0.15, 0.2) is 0 Å². The molecule has 0 bridgehead atoms. The Kier molecular flexibility index (Phi) is 3.91. The zero-order chi connectivity index (χ0) is 6.57. The summed E-state index contributed by atoms with van der Waals surface area (Å²) in [7, 11) is 0. The van der Waals surface area contributed by atoms with Gasteiger partial charge in [-0.3, -0.25) is 0 Å². The molecule has 8 heavy (non-hydrogen) atoms. The smallest absolute Gasteiger partial charge is 0.0635 e. The first-order valence-electron chi connectivity index (χ1n) is 2.02. The maximum absolute atomic E-state index is 5.26. The predicted molar refractivity (Wildman–Crippen MR) is 43.6 cm³/mol. The van der Waals surface area contributed by atoms with Gasteiger partial charge in [0.25, 0.3) is 0 Å². The van der Waals surface area contributed by atoms with Crippen molar-refractivity contribution in [2.45, 2.75) is 0 Å². The van der Waals surface area contributed by atoms with Gasteiger partial charge in [-0.1, -0.05) is 24.9 Å². The third kappa shape index (κ3) is 4.15. The van der Waals surface area contributed by atoms with E-state index in [2.05, 4.69) is 13.2 Å². The quantitative estimate of drug-likeness (QED) is 0.661. The van der Waals surface area contributed by atoms with Crippen molar-refractivity contribution in [2.75, 3.05) is 6.26 Å². The molecule has 0 unspecified atom stereocenters. The minimum absolute atomic E-state index is 0.601. The van der Waals surface area contributed by atoms with Gasteiger partial charge in [-0.2, -0.15) is 0 Å². The van der Waals surface area contributed by atoms with Crippen molar-refractivity contribution in [3.05, 3.63) is 22.4 Å². The summed E-state index contributed by atoms with van der Waals surface area (Å²) >= 11 is 2.99. The molecule has 0 aliphatic heterocycles. The van der Waals surface area contributed by atoms with Crippen LogP contribution >= 0.6 is 23.5 Å². The molecule has 0 aromatic heterocycles. The van der Waals surface area contributed by atoms with E-state index >= 15 is 0 Å². The van der Waals surface area contributed by atoms with E-state index in [1.165, 1.54) is 11.8 Å². The Morgan fingerprint density at radius 3 is 2.12 bits per heavy atom. The normalized spacial score (nSPS) is 8.62. The summed E-state index contributed by atoms with van der Waals surface area (Å²) in [6.45, 7) is 7.21. The van der Waals surface area contributed by atoms with E-state index in [1.807, 2.05) is 6.26 Å². The lowest BCUT2D eigenvalue weighted by Gasteiger charge is -1.96. The molecule has 0 rings (SSSR count). The molecule has 0 aliphatic rings. The van der Waals surface area contributed by atoms with Crippen LogP contribution in [0, 0.1) is 0 Å². The minimum atomic E-state index is 0.601. The van der Waals surface area contributed by atoms with Gasteiger partial charge in [-0.15, -0.1) is 11.8 Å². The molecule has 0 heterocycles. The molecule has 0 fully saturated rings. The first kappa shape index (κ1) is 7.98. The first-order valence-corrected chi connectivity index (χ1v) is 4.06. The third-order valence-corrected chi connectivity index (χ3v) is 2.17. The average Bonchev–Trinajstić information content (AvgIpc) is 1.65. The minimum Gasteiger partial charge on any atom is -0.394 e. The Morgan fingerprint density at radius 1 is 1.50 bits per heavy atom. The van der Waals surface area contributed by atoms with E-state index < -0.39 is 0 Å². The summed E-state index contributed by atoms with van der Waals surface area (Å²) in [6.07, 6.45) is 1.96. The predicted octanol–water partition coefficient (Wildman–Crippen LogP) is 1.98. The van der Waals surface area contributed by atoms with E-state index in [1.54, 1.807) is 11.8 Å². The van der Waals surface area contributed by atoms with Gasteiger partial charge >= 0.3 is 0 Å². The van der Waals surface area contributed by atoms with Crippen LogP contribution in [0.1, 0.15) is 0 Å². The topological polar surface area (TPSA) is 26.0 Å². The zero-order valence-electron chi connectivity index (χ0n) is 4.81. The van der Waals surface area contributed by atoms with E-state index in [-0.39, 0.29) is 0 Å². The molecule has 0 saturated heterocycles. The molecule has 0 radical (unpaired) electrons. The molecular weight excluding hydrogens is 138 g/mol. The highest BCUT2D eigenvalue weighted by molar-refractivity contribution is 8.23. The highest BCUT2D eigenvalue weighted by Crippen LogP contribution is 2.26. The van der Waals surface area contributed by atoms with Gasteiger partial charge in [-0.05, 0) is 6.26 Å². The molecule has 2 N–H and O–H groups in total. The summed E-state index contributed by atoms with van der Waals surface area (Å²) in [5.41, 5.74) is 5.26. The molecule has 3 heteroatoms. The summed E-state index contributed by atoms with van der Waals surface area (Å²) in [5, 5.41) is 0.601. The zero-order valence-corrected chi connectivity index (χ0v) is 6.44. The fourth-order valence-electron chi connectivity index (χ4n) is 0.188. The fourth-order valence-corrected chi connectivity index (χ4v) is 1.13. The van der Waals surface area contributed by atoms with Crippen LogP contribution in [0.25, 0.3) is 0 Å². The second-order valence-electron chi connectivity index (χ2n) is 1.14. The van der Waals surface area contributed by atoms with E-state index in [9.17, 15) is 0 Å². The van der Waals surface area contributed by atoms with Crippen LogP contribution in [0.5, 0.6) is 0 Å². The van der Waals surface area contributed by atoms with Crippen LogP contribution < -0.4 is 5.73 Å². The lowest BCUT2D eigenvalue weighted by molar-refractivity contribution is 1.59. The molecule has 0 aliphatic carbocycles. The molecule has 46 valence electrons. The summed E-state index contributed by atoms with van der Waals surface area (Å²) < 4.78 is 0.984. The van der Waals surface area contributed by atoms with Crippen LogP contribution in [-0.2, 0) is 0 Å². The second kappa shape index (κ2) is 3.92. The Labute approximate surface area is 58.4 Å². The lowest BCUT2D eigenvalue weighted by Crippen LogP contribution is -1.86. The van der Waals surface area contributed by atoms with Gasteiger partial charge < -0.3 is 5.73 Å². The van der Waals surface area contributed by atoms with Crippen molar-refractivity contribution in [3.63, 3.8) is 0 Å². The molecule has 0 atom stereocenters. The molecular formula is C5H9NS2. The SMILES string of the molecule is C=C(N)SC(=C)SC. The van der Waals surface area contributed by atoms with Crippen LogP contribution in [0.2, 0.25) is 0 Å². The van der Waals surface area contributed by atoms with E-state index in [4.69, 9.17) is 5.73 Å². The molecule has 0 saturated carbocycles. The first-order chi connectivity index (χ1) is 3.66. The van der Waals surface area contributed by atoms with E-state index in [0.29, 0.717) is 5.03 Å². The van der Waals surface area contributed by atoms with Crippen LogP contribution in [0.3, 0.4) is 0 Å². The van der Waals surface area contributed by atoms with Crippen molar-refractivity contribution >= 4 is 23.5 Å². The molecule has 1 nitrogen and oxygen atoms in total. The third-order valence-electron chi connectivity index (χ3n) is 0.473. The Morgan fingerprint density at radius 2 is 2.00 bits per heavy atom. The monoisotopic (exact) mass is 147 g/mol. The molecule has 0 amide bonds. The standard InChI is InChI=1S/C5H9NS2/c1-4(6)8-5(2)7-3/h1-2,6H2,3H3. The van der Waals surface area contributed by atoms with Crippen LogP contribution in [0.4, 0.5) is 0 Å². The van der Waals surface area contributed by atoms with Crippen LogP contribution in [-0.4, -0.2) is 6.26 Å². The maximum atomic E-state index is 5.26. The number of hydrogen-bond acceptors (Lipinski definition) is 3. The molecule has 0 aromatic carbocycles. The Bertz CT molecular complexity index is 109. The van der Waals surface area contributed by atoms with Crippen LogP contribution in [0.15, 0.2) is 22.4 Å². The summed E-state index contributed by atoms with van der Waals surface area (Å²) in [6, 6.07) is 0. The number of nitrogens with two attached hydrogens (primary N) is 1. The van der Waals surface area contributed by atoms with Crippen molar-refractivity contribution in [1.82, 2.24) is 0 Å². The number of thioether (sulfide) groups is 2. The molecule has 0 spiro atoms. The lowest BCUT2D eigenvalue weighted by atomic mass is 11.1. The largest absolute Gasteiger partial charge is 0.394 e. The van der Waals surface area contributed by atoms with Gasteiger partial charge in [0.2, 0.25) is 0 Å². The van der Waals surface area contributed by atoms with Crippen molar-refractivity contribution < 1.29 is 0 Å². The van der Waals surface area contributed by atoms with Crippen molar-refractivity contribution in [1.29, 1.82) is 0 Å². The number of rotatable bonds is 3. The Hall–Kier alpha value is -0.0200.